The number of piperidine rings is 1. The van der Waals surface area contributed by atoms with Crippen molar-refractivity contribution in [3.63, 3.8) is 0 Å². The van der Waals surface area contributed by atoms with Gasteiger partial charge in [-0.2, -0.15) is 0 Å². The smallest absolute Gasteiger partial charge is 0.328 e. The molecular weight excluding hydrogens is 474 g/mol. The number of hydrogen-bond donors (Lipinski definition) is 0. The number of ether oxygens (including phenoxy) is 5. The zero-order chi connectivity index (χ0) is 26.8. The predicted molar refractivity (Wildman–Crippen MR) is 141 cm³/mol. The molecule has 2 aromatic rings. The summed E-state index contributed by atoms with van der Waals surface area (Å²) in [5.74, 6) is 1.35. The molecule has 1 aliphatic rings. The fourth-order valence-electron chi connectivity index (χ4n) is 4.68. The number of hydrogen-bond acceptors (Lipinski definition) is 7. The van der Waals surface area contributed by atoms with E-state index in [-0.39, 0.29) is 11.9 Å². The summed E-state index contributed by atoms with van der Waals surface area (Å²) in [4.78, 5) is 28.2. The molecular formula is C29H39NO7. The van der Waals surface area contributed by atoms with E-state index in [0.717, 1.165) is 43.4 Å². The first-order chi connectivity index (χ1) is 17.9. The van der Waals surface area contributed by atoms with Gasteiger partial charge in [0.05, 0.1) is 41.0 Å². The summed E-state index contributed by atoms with van der Waals surface area (Å²) < 4.78 is 27.1. The molecule has 0 bridgehead atoms. The molecule has 1 fully saturated rings. The number of nitrogens with zero attached hydrogens (tertiary/aromatic N) is 1. The third-order valence-electron chi connectivity index (χ3n) is 6.88. The number of amides is 1. The van der Waals surface area contributed by atoms with Crippen molar-refractivity contribution in [2.75, 3.05) is 41.6 Å². The summed E-state index contributed by atoms with van der Waals surface area (Å²) in [6.45, 7) is 2.71. The molecule has 0 radical (unpaired) electrons. The van der Waals surface area contributed by atoms with Gasteiger partial charge in [-0.05, 0) is 80.8 Å². The first-order valence-electron chi connectivity index (χ1n) is 12.8. The van der Waals surface area contributed by atoms with Crippen LogP contribution >= 0.6 is 0 Å². The topological polar surface area (TPSA) is 83.5 Å². The van der Waals surface area contributed by atoms with Gasteiger partial charge in [-0.25, -0.2) is 4.79 Å². The van der Waals surface area contributed by atoms with Crippen molar-refractivity contribution in [2.24, 2.45) is 0 Å². The molecule has 3 rings (SSSR count). The molecule has 0 aromatic heterocycles. The minimum absolute atomic E-state index is 0.115. The minimum atomic E-state index is -0.563. The Kier molecular flexibility index (Phi) is 10.5. The van der Waals surface area contributed by atoms with E-state index in [4.69, 9.17) is 23.7 Å². The van der Waals surface area contributed by atoms with Crippen LogP contribution in [0.25, 0.3) is 0 Å². The van der Waals surface area contributed by atoms with Gasteiger partial charge in [0.25, 0.3) is 0 Å². The summed E-state index contributed by atoms with van der Waals surface area (Å²) in [7, 11) is 6.28. The zero-order valence-corrected chi connectivity index (χ0v) is 22.6. The van der Waals surface area contributed by atoms with E-state index >= 15 is 0 Å². The molecule has 2 unspecified atom stereocenters. The van der Waals surface area contributed by atoms with Gasteiger partial charge in [-0.15, -0.1) is 0 Å². The molecule has 0 aliphatic carbocycles. The maximum atomic E-state index is 13.5. The monoisotopic (exact) mass is 513 g/mol. The van der Waals surface area contributed by atoms with Crippen molar-refractivity contribution in [1.82, 2.24) is 4.90 Å². The van der Waals surface area contributed by atoms with Gasteiger partial charge in [0.1, 0.15) is 11.8 Å². The van der Waals surface area contributed by atoms with Crippen LogP contribution in [0.2, 0.25) is 0 Å². The van der Waals surface area contributed by atoms with E-state index in [1.54, 1.807) is 38.4 Å². The first kappa shape index (κ1) is 28.2. The van der Waals surface area contributed by atoms with E-state index in [1.165, 1.54) is 12.7 Å². The van der Waals surface area contributed by atoms with E-state index in [1.807, 2.05) is 31.2 Å². The first-order valence-corrected chi connectivity index (χ1v) is 12.8. The third-order valence-corrected chi connectivity index (χ3v) is 6.88. The highest BCUT2D eigenvalue weighted by atomic mass is 16.5. The number of esters is 1. The molecule has 1 aliphatic heterocycles. The van der Waals surface area contributed by atoms with Crippen LogP contribution < -0.4 is 18.9 Å². The molecule has 0 saturated carbocycles. The molecule has 8 heteroatoms. The number of benzene rings is 2. The lowest BCUT2D eigenvalue weighted by atomic mass is 9.95. The summed E-state index contributed by atoms with van der Waals surface area (Å²) in [5.41, 5.74) is 1.95. The second-order valence-corrected chi connectivity index (χ2v) is 9.20. The molecule has 1 amide bonds. The number of likely N-dealkylation sites (tertiary alicyclic amines) is 1. The van der Waals surface area contributed by atoms with Crippen molar-refractivity contribution < 1.29 is 33.3 Å². The summed E-state index contributed by atoms with van der Waals surface area (Å²) in [6, 6.07) is 11.0. The van der Waals surface area contributed by atoms with Gasteiger partial charge < -0.3 is 28.6 Å². The van der Waals surface area contributed by atoms with Crippen LogP contribution in [0.1, 0.15) is 56.1 Å². The molecule has 2 atom stereocenters. The Bertz CT molecular complexity index is 1010. The molecule has 37 heavy (non-hydrogen) atoms. The SMILES string of the molecule is COc1ccc(CCCCOC(=O)C2CCCCN2C(=O)C(C)c2cc(OC)c(OC)c(OC)c2)cc1. The lowest BCUT2D eigenvalue weighted by molar-refractivity contribution is -0.157. The fraction of sp³-hybridized carbons (Fsp3) is 0.517. The summed E-state index contributed by atoms with van der Waals surface area (Å²) in [6.07, 6.45) is 4.94. The van der Waals surface area contributed by atoms with Crippen LogP contribution in [0.15, 0.2) is 36.4 Å². The molecule has 0 N–H and O–H groups in total. The van der Waals surface area contributed by atoms with E-state index in [9.17, 15) is 9.59 Å². The van der Waals surface area contributed by atoms with E-state index in [0.29, 0.717) is 36.8 Å². The van der Waals surface area contributed by atoms with E-state index in [2.05, 4.69) is 0 Å². The van der Waals surface area contributed by atoms with Crippen molar-refractivity contribution in [3.8, 4) is 23.0 Å². The number of carbonyl (C=O) groups is 2. The molecule has 1 saturated heterocycles. The molecule has 202 valence electrons. The lowest BCUT2D eigenvalue weighted by Crippen LogP contribution is -2.50. The van der Waals surface area contributed by atoms with Crippen molar-refractivity contribution in [3.05, 3.63) is 47.5 Å². The Hall–Kier alpha value is -3.42. The number of unbranched alkanes of at least 4 members (excludes halogenated alkanes) is 1. The normalized spacial score (nSPS) is 16.0. The Morgan fingerprint density at radius 3 is 2.19 bits per heavy atom. The van der Waals surface area contributed by atoms with Gasteiger partial charge in [0.2, 0.25) is 11.7 Å². The standard InChI is InChI=1S/C29H39NO7/c1-20(22-18-25(34-3)27(36-5)26(19-22)35-4)28(31)30-16-8-6-11-24(30)29(32)37-17-9-7-10-21-12-14-23(33-2)15-13-21/h12-15,18-20,24H,6-11,16-17H2,1-5H3. The second-order valence-electron chi connectivity index (χ2n) is 9.20. The zero-order valence-electron chi connectivity index (χ0n) is 22.6. The van der Waals surface area contributed by atoms with Gasteiger partial charge >= 0.3 is 5.97 Å². The summed E-state index contributed by atoms with van der Waals surface area (Å²) >= 11 is 0. The maximum absolute atomic E-state index is 13.5. The highest BCUT2D eigenvalue weighted by molar-refractivity contribution is 5.89. The summed E-state index contributed by atoms with van der Waals surface area (Å²) in [5, 5.41) is 0. The van der Waals surface area contributed by atoms with Gasteiger partial charge in [-0.3, -0.25) is 4.79 Å². The largest absolute Gasteiger partial charge is 0.497 e. The van der Waals surface area contributed by atoms with Gasteiger partial charge in [0, 0.05) is 6.54 Å². The average Bonchev–Trinajstić information content (AvgIpc) is 2.95. The molecule has 1 heterocycles. The van der Waals surface area contributed by atoms with Crippen molar-refractivity contribution >= 4 is 11.9 Å². The minimum Gasteiger partial charge on any atom is -0.497 e. The third kappa shape index (κ3) is 7.08. The van der Waals surface area contributed by atoms with Crippen molar-refractivity contribution in [2.45, 2.75) is 57.4 Å². The molecule has 8 nitrogen and oxygen atoms in total. The lowest BCUT2D eigenvalue weighted by Gasteiger charge is -2.36. The number of rotatable bonds is 12. The van der Waals surface area contributed by atoms with Crippen LogP contribution in [0.3, 0.4) is 0 Å². The number of carbonyl (C=O) groups excluding carboxylic acids is 2. The Morgan fingerprint density at radius 2 is 1.59 bits per heavy atom. The highest BCUT2D eigenvalue weighted by Crippen LogP contribution is 2.40. The van der Waals surface area contributed by atoms with Crippen LogP contribution in [-0.4, -0.2) is 64.4 Å². The maximum Gasteiger partial charge on any atom is 0.328 e. The highest BCUT2D eigenvalue weighted by Gasteiger charge is 2.36. The van der Waals surface area contributed by atoms with Crippen LogP contribution in [0.4, 0.5) is 0 Å². The predicted octanol–water partition coefficient (Wildman–Crippen LogP) is 4.77. The fourth-order valence-corrected chi connectivity index (χ4v) is 4.68. The molecule has 2 aromatic carbocycles. The van der Waals surface area contributed by atoms with Gasteiger partial charge in [0.15, 0.2) is 11.5 Å². The number of methoxy groups -OCH3 is 4. The quantitative estimate of drug-likeness (QED) is 0.299. The average molecular weight is 514 g/mol. The van der Waals surface area contributed by atoms with Crippen LogP contribution in [0.5, 0.6) is 23.0 Å². The molecule has 0 spiro atoms. The van der Waals surface area contributed by atoms with Crippen LogP contribution in [0, 0.1) is 0 Å². The number of aryl methyl sites for hydroxylation is 1. The Morgan fingerprint density at radius 1 is 0.919 bits per heavy atom. The Labute approximate surface area is 219 Å². The van der Waals surface area contributed by atoms with Crippen LogP contribution in [-0.2, 0) is 20.7 Å². The van der Waals surface area contributed by atoms with E-state index < -0.39 is 12.0 Å². The Balaban J connectivity index is 1.58. The van der Waals surface area contributed by atoms with Crippen molar-refractivity contribution in [1.29, 1.82) is 0 Å². The van der Waals surface area contributed by atoms with Gasteiger partial charge in [-0.1, -0.05) is 12.1 Å². The second kappa shape index (κ2) is 13.8.